The Bertz CT molecular complexity index is 666. The van der Waals surface area contributed by atoms with Crippen molar-refractivity contribution in [2.24, 2.45) is 0 Å². The van der Waals surface area contributed by atoms with Crippen molar-refractivity contribution in [3.05, 3.63) is 48.5 Å². The van der Waals surface area contributed by atoms with Crippen LogP contribution in [0.1, 0.15) is 16.6 Å². The molecule has 0 spiro atoms. The standard InChI is InChI=1S/C16H18O2.CHNO/c1-3-17-15-12-8-11-14(16(15)18-4-2)13-9-6-5-7-10-13;2-1-3/h5-12H,3-4H2,1-2H3;2H/i5D,12D;. The third-order valence-corrected chi connectivity index (χ3v) is 2.52. The van der Waals surface area contributed by atoms with Gasteiger partial charge in [0.1, 0.15) is 0 Å². The van der Waals surface area contributed by atoms with E-state index >= 15 is 0 Å². The van der Waals surface area contributed by atoms with Crippen LogP contribution < -0.4 is 9.47 Å². The van der Waals surface area contributed by atoms with Gasteiger partial charge in [-0.1, -0.05) is 42.4 Å². The lowest BCUT2D eigenvalue weighted by Gasteiger charge is -2.15. The van der Waals surface area contributed by atoms with Gasteiger partial charge in [0.25, 0.3) is 0 Å². The normalized spacial score (nSPS) is 10.4. The zero-order chi connectivity index (χ0) is 17.2. The van der Waals surface area contributed by atoms with Gasteiger partial charge in [0.15, 0.2) is 11.5 Å². The maximum Gasteiger partial charge on any atom is 0.231 e. The molecule has 0 atom stereocenters. The van der Waals surface area contributed by atoms with Gasteiger partial charge in [-0.25, -0.2) is 10.2 Å². The maximum atomic E-state index is 8.35. The molecule has 0 bridgehead atoms. The molecule has 0 aliphatic heterocycles. The van der Waals surface area contributed by atoms with Gasteiger partial charge in [0, 0.05) is 5.56 Å². The molecule has 2 rings (SSSR count). The van der Waals surface area contributed by atoms with Crippen molar-refractivity contribution in [3.63, 3.8) is 0 Å². The molecule has 0 saturated heterocycles. The van der Waals surface area contributed by atoms with Crippen LogP contribution in [0.25, 0.3) is 11.1 Å². The van der Waals surface area contributed by atoms with E-state index in [0.29, 0.717) is 36.8 Å². The second-order valence-electron chi connectivity index (χ2n) is 3.81. The van der Waals surface area contributed by atoms with Gasteiger partial charge in [0.05, 0.1) is 16.0 Å². The van der Waals surface area contributed by atoms with Crippen LogP contribution in [0.4, 0.5) is 0 Å². The van der Waals surface area contributed by atoms with E-state index in [1.165, 1.54) is 0 Å². The molecular formula is C17H19NO3. The largest absolute Gasteiger partial charge is 0.490 e. The first kappa shape index (κ1) is 13.4. The third-order valence-electron chi connectivity index (χ3n) is 2.52. The summed E-state index contributed by atoms with van der Waals surface area (Å²) in [6, 6.07) is 11.6. The van der Waals surface area contributed by atoms with Crippen LogP contribution in [0.3, 0.4) is 0 Å². The van der Waals surface area contributed by atoms with E-state index in [4.69, 9.17) is 22.4 Å². The van der Waals surface area contributed by atoms with E-state index in [2.05, 4.69) is 0 Å². The van der Waals surface area contributed by atoms with Crippen LogP contribution in [0.5, 0.6) is 11.5 Å². The van der Waals surface area contributed by atoms with E-state index in [1.54, 1.807) is 18.2 Å². The summed E-state index contributed by atoms with van der Waals surface area (Å²) in [6.07, 6.45) is 0.750. The van der Waals surface area contributed by atoms with Gasteiger partial charge in [-0.2, -0.15) is 0 Å². The highest BCUT2D eigenvalue weighted by Gasteiger charge is 2.11. The number of nitrogens with one attached hydrogen (secondary N) is 1. The second-order valence-corrected chi connectivity index (χ2v) is 3.81. The fourth-order valence-electron chi connectivity index (χ4n) is 1.80. The molecule has 4 heteroatoms. The van der Waals surface area contributed by atoms with Crippen molar-refractivity contribution in [2.75, 3.05) is 13.2 Å². The Morgan fingerprint density at radius 1 is 1.14 bits per heavy atom. The van der Waals surface area contributed by atoms with E-state index in [1.807, 2.05) is 32.0 Å². The Balaban J connectivity index is 0.000000816. The molecule has 0 aliphatic rings. The van der Waals surface area contributed by atoms with Crippen molar-refractivity contribution >= 4 is 6.08 Å². The zero-order valence-electron chi connectivity index (χ0n) is 14.1. The highest BCUT2D eigenvalue weighted by atomic mass is 16.5. The molecule has 2 aromatic rings. The van der Waals surface area contributed by atoms with Crippen LogP contribution in [0.2, 0.25) is 0 Å². The van der Waals surface area contributed by atoms with Crippen molar-refractivity contribution < 1.29 is 17.0 Å². The second kappa shape index (κ2) is 9.34. The molecule has 0 unspecified atom stereocenters. The van der Waals surface area contributed by atoms with Crippen molar-refractivity contribution in [3.8, 4) is 22.6 Å². The Morgan fingerprint density at radius 3 is 2.33 bits per heavy atom. The number of isocyanates is 1. The van der Waals surface area contributed by atoms with E-state index < -0.39 is 0 Å². The molecular weight excluding hydrogens is 266 g/mol. The summed E-state index contributed by atoms with van der Waals surface area (Å²) in [4.78, 5) is 8.35. The molecule has 0 heterocycles. The lowest BCUT2D eigenvalue weighted by atomic mass is 10.0. The lowest BCUT2D eigenvalue weighted by molar-refractivity contribution is 0.289. The predicted octanol–water partition coefficient (Wildman–Crippen LogP) is 4.05. The Labute approximate surface area is 127 Å². The van der Waals surface area contributed by atoms with Crippen molar-refractivity contribution in [1.29, 1.82) is 5.41 Å². The highest BCUT2D eigenvalue weighted by Crippen LogP contribution is 2.38. The molecule has 2 aromatic carbocycles. The number of hydrogen-bond acceptors (Lipinski definition) is 4. The van der Waals surface area contributed by atoms with E-state index in [-0.39, 0.29) is 0 Å². The summed E-state index contributed by atoms with van der Waals surface area (Å²) < 4.78 is 26.7. The first-order chi connectivity index (χ1) is 11.1. The predicted molar refractivity (Wildman–Crippen MR) is 82.6 cm³/mol. The van der Waals surface area contributed by atoms with Gasteiger partial charge in [0.2, 0.25) is 6.08 Å². The summed E-state index contributed by atoms with van der Waals surface area (Å²) in [6.45, 7) is 4.79. The average Bonchev–Trinajstić information content (AvgIpc) is 2.53. The Morgan fingerprint density at radius 2 is 1.76 bits per heavy atom. The molecule has 110 valence electrons. The summed E-state index contributed by atoms with van der Waals surface area (Å²) in [5.41, 5.74) is 1.83. The van der Waals surface area contributed by atoms with Crippen molar-refractivity contribution in [1.82, 2.24) is 0 Å². The van der Waals surface area contributed by atoms with Crippen molar-refractivity contribution in [2.45, 2.75) is 13.8 Å². The maximum absolute atomic E-state index is 8.35. The average molecular weight is 287 g/mol. The fraction of sp³-hybridized carbons (Fsp3) is 0.235. The number of rotatable bonds is 5. The molecule has 1 N–H and O–H groups in total. The minimum absolute atomic E-state index is 0.316. The number of benzene rings is 2. The molecule has 4 nitrogen and oxygen atoms in total. The van der Waals surface area contributed by atoms with Crippen LogP contribution in [0.15, 0.2) is 48.5 Å². The fourth-order valence-corrected chi connectivity index (χ4v) is 1.80. The molecule has 0 amide bonds. The van der Waals surface area contributed by atoms with Gasteiger partial charge in [-0.05, 0) is 25.5 Å². The van der Waals surface area contributed by atoms with Crippen LogP contribution in [0, 0.1) is 5.41 Å². The topological polar surface area (TPSA) is 59.4 Å². The van der Waals surface area contributed by atoms with Gasteiger partial charge < -0.3 is 9.47 Å². The van der Waals surface area contributed by atoms with Gasteiger partial charge >= 0.3 is 0 Å². The van der Waals surface area contributed by atoms with Crippen LogP contribution in [-0.4, -0.2) is 19.3 Å². The third kappa shape index (κ3) is 4.79. The molecule has 0 radical (unpaired) electrons. The number of ether oxygens (including phenoxy) is 2. The molecule has 21 heavy (non-hydrogen) atoms. The molecule has 0 aliphatic carbocycles. The van der Waals surface area contributed by atoms with Crippen LogP contribution in [-0.2, 0) is 4.79 Å². The molecule has 0 fully saturated rings. The summed E-state index contributed by atoms with van der Waals surface area (Å²) in [5.74, 6) is 1.07. The monoisotopic (exact) mass is 287 g/mol. The quantitative estimate of drug-likeness (QED) is 0.666. The smallest absolute Gasteiger partial charge is 0.231 e. The number of hydrogen-bond donors (Lipinski definition) is 1. The minimum Gasteiger partial charge on any atom is -0.490 e. The molecule has 0 saturated carbocycles. The Kier molecular flexibility index (Phi) is 5.96. The van der Waals surface area contributed by atoms with Crippen LogP contribution >= 0.6 is 0 Å². The minimum atomic E-state index is 0.316. The highest BCUT2D eigenvalue weighted by molar-refractivity contribution is 5.73. The summed E-state index contributed by atoms with van der Waals surface area (Å²) >= 11 is 0. The number of para-hydroxylation sites is 1. The SMILES string of the molecule is N=C=O.[2H]c1ccc(-c2ccc([2H])c(OCC)c2OCC)cc1. The lowest BCUT2D eigenvalue weighted by Crippen LogP contribution is -1.99. The first-order valence-electron chi connectivity index (χ1n) is 7.59. The summed E-state index contributed by atoms with van der Waals surface area (Å²) in [7, 11) is 0. The zero-order valence-corrected chi connectivity index (χ0v) is 12.1. The van der Waals surface area contributed by atoms with E-state index in [0.717, 1.165) is 17.2 Å². The van der Waals surface area contributed by atoms with E-state index in [9.17, 15) is 0 Å². The number of carbonyl (C=O) groups excluding carboxylic acids is 1. The first-order valence-corrected chi connectivity index (χ1v) is 6.59. The summed E-state index contributed by atoms with van der Waals surface area (Å²) in [5, 5.41) is 5.40. The Hall–Kier alpha value is -2.58. The molecule has 0 aromatic heterocycles. The van der Waals surface area contributed by atoms with Gasteiger partial charge in [-0.3, -0.25) is 0 Å². The van der Waals surface area contributed by atoms with Gasteiger partial charge in [-0.15, -0.1) is 0 Å².